The van der Waals surface area contributed by atoms with Crippen LogP contribution in [0.4, 0.5) is 0 Å². The van der Waals surface area contributed by atoms with E-state index in [9.17, 15) is 0 Å². The Kier molecular flexibility index (Phi) is 6.42. The third kappa shape index (κ3) is 4.63. The van der Waals surface area contributed by atoms with Crippen LogP contribution in [-0.4, -0.2) is 9.97 Å². The van der Waals surface area contributed by atoms with E-state index in [1.54, 1.807) is 6.20 Å². The summed E-state index contributed by atoms with van der Waals surface area (Å²) in [6.07, 6.45) is 14.6. The first-order chi connectivity index (χ1) is 22.1. The van der Waals surface area contributed by atoms with Crippen LogP contribution in [0.25, 0.3) is 66.6 Å². The number of furan rings is 1. The van der Waals surface area contributed by atoms with Gasteiger partial charge in [0.1, 0.15) is 11.2 Å². The van der Waals surface area contributed by atoms with Gasteiger partial charge >= 0.3 is 0 Å². The van der Waals surface area contributed by atoms with Crippen molar-refractivity contribution in [2.24, 2.45) is 5.73 Å². The van der Waals surface area contributed by atoms with Gasteiger partial charge in [0.15, 0.2) is 0 Å². The van der Waals surface area contributed by atoms with Gasteiger partial charge in [-0.05, 0) is 112 Å². The van der Waals surface area contributed by atoms with Gasteiger partial charge in [0.25, 0.3) is 0 Å². The van der Waals surface area contributed by atoms with E-state index in [2.05, 4.69) is 121 Å². The maximum atomic E-state index is 6.51. The minimum Gasteiger partial charge on any atom is -0.455 e. The highest BCUT2D eigenvalue weighted by molar-refractivity contribution is 6.08. The van der Waals surface area contributed by atoms with E-state index in [0.717, 1.165) is 100 Å². The number of hydrogen-bond donors (Lipinski definition) is 1. The minimum absolute atomic E-state index is 0.757. The van der Waals surface area contributed by atoms with Crippen molar-refractivity contribution < 1.29 is 4.42 Å². The molecule has 3 aromatic heterocycles. The van der Waals surface area contributed by atoms with E-state index in [0.29, 0.717) is 0 Å². The number of hydrogen-bond acceptors (Lipinski definition) is 4. The number of aryl methyl sites for hydroxylation is 2. The lowest BCUT2D eigenvalue weighted by Crippen LogP contribution is -2.01. The summed E-state index contributed by atoms with van der Waals surface area (Å²) in [6, 6.07) is 30.0. The van der Waals surface area contributed by atoms with Crippen molar-refractivity contribution >= 4 is 44.4 Å². The molecule has 216 valence electrons. The van der Waals surface area contributed by atoms with Gasteiger partial charge in [0.2, 0.25) is 0 Å². The Labute approximate surface area is 261 Å². The molecule has 8 rings (SSSR count). The molecule has 0 bridgehead atoms. The molecule has 0 radical (unpaired) electrons. The SMILES string of the molecule is Cc1cccc2c1oc1c(C)c(-c3cc(C(/C=C4/C=Cc5cccnc5C4)=C/N)cc(-c4cccc5ccncc45)c3)ccc12. The Hall–Kier alpha value is -5.74. The van der Waals surface area contributed by atoms with Crippen molar-refractivity contribution in [3.63, 3.8) is 0 Å². The molecule has 0 unspecified atom stereocenters. The summed E-state index contributed by atoms with van der Waals surface area (Å²) in [5.41, 5.74) is 20.3. The first kappa shape index (κ1) is 26.9. The standard InChI is InChI=1S/C41H31N3O/c1-25-6-3-10-36-37-14-13-34(26(2)41(37)45-40(25)36)31-20-30(21-32(22-31)35-9-4-7-28-15-17-43-24-38(28)35)33(23-42)18-27-11-12-29-8-5-16-44-39(29)19-27/h3-18,20-24H,19,42H2,1-2H3/b27-18-,33-23+. The number of fused-ring (bicyclic) bond motifs is 5. The van der Waals surface area contributed by atoms with Gasteiger partial charge in [0, 0.05) is 52.9 Å². The number of para-hydroxylation sites is 1. The molecule has 0 saturated heterocycles. The van der Waals surface area contributed by atoms with Crippen molar-refractivity contribution in [3.05, 3.63) is 155 Å². The summed E-state index contributed by atoms with van der Waals surface area (Å²) in [4.78, 5) is 9.07. The molecule has 4 aromatic carbocycles. The molecule has 1 aliphatic rings. The van der Waals surface area contributed by atoms with Gasteiger partial charge in [-0.25, -0.2) is 0 Å². The summed E-state index contributed by atoms with van der Waals surface area (Å²) >= 11 is 0. The van der Waals surface area contributed by atoms with Gasteiger partial charge < -0.3 is 10.2 Å². The summed E-state index contributed by atoms with van der Waals surface area (Å²) in [6.45, 7) is 4.25. The molecule has 4 heteroatoms. The second kappa shape index (κ2) is 10.8. The third-order valence-corrected chi connectivity index (χ3v) is 8.98. The van der Waals surface area contributed by atoms with Crippen molar-refractivity contribution in [1.29, 1.82) is 0 Å². The zero-order valence-electron chi connectivity index (χ0n) is 25.2. The summed E-state index contributed by atoms with van der Waals surface area (Å²) < 4.78 is 6.51. The van der Waals surface area contributed by atoms with Crippen molar-refractivity contribution in [2.75, 3.05) is 0 Å². The molecular formula is C41H31N3O. The predicted octanol–water partition coefficient (Wildman–Crippen LogP) is 9.98. The molecule has 0 amide bonds. The normalized spacial score (nSPS) is 14.1. The molecule has 1 aliphatic carbocycles. The lowest BCUT2D eigenvalue weighted by molar-refractivity contribution is 0.663. The van der Waals surface area contributed by atoms with E-state index in [1.165, 1.54) is 0 Å². The Morgan fingerprint density at radius 1 is 0.778 bits per heavy atom. The highest BCUT2D eigenvalue weighted by Crippen LogP contribution is 2.40. The molecule has 0 fully saturated rings. The lowest BCUT2D eigenvalue weighted by Gasteiger charge is -2.16. The van der Waals surface area contributed by atoms with Crippen LogP contribution in [0.3, 0.4) is 0 Å². The largest absolute Gasteiger partial charge is 0.455 e. The van der Waals surface area contributed by atoms with Crippen LogP contribution in [0.1, 0.15) is 27.9 Å². The average molecular weight is 582 g/mol. The first-order valence-electron chi connectivity index (χ1n) is 15.2. The molecule has 0 spiro atoms. The van der Waals surface area contributed by atoms with Gasteiger partial charge in [0.05, 0.1) is 5.69 Å². The smallest absolute Gasteiger partial charge is 0.138 e. The Balaban J connectivity index is 1.32. The third-order valence-electron chi connectivity index (χ3n) is 8.98. The highest BCUT2D eigenvalue weighted by Gasteiger charge is 2.17. The average Bonchev–Trinajstić information content (AvgIpc) is 3.48. The van der Waals surface area contributed by atoms with Crippen LogP contribution in [0, 0.1) is 13.8 Å². The second-order valence-corrected chi connectivity index (χ2v) is 11.8. The summed E-state index contributed by atoms with van der Waals surface area (Å²) in [5, 5.41) is 4.54. The van der Waals surface area contributed by atoms with Gasteiger partial charge in [-0.1, -0.05) is 60.7 Å². The lowest BCUT2D eigenvalue weighted by atomic mass is 9.89. The Morgan fingerprint density at radius 3 is 2.51 bits per heavy atom. The van der Waals surface area contributed by atoms with Crippen molar-refractivity contribution in [3.8, 4) is 22.3 Å². The van der Waals surface area contributed by atoms with E-state index < -0.39 is 0 Å². The molecule has 2 N–H and O–H groups in total. The van der Waals surface area contributed by atoms with Crippen LogP contribution in [0.2, 0.25) is 0 Å². The second-order valence-electron chi connectivity index (χ2n) is 11.8. The number of nitrogens with two attached hydrogens (primary N) is 1. The number of pyridine rings is 2. The fraction of sp³-hybridized carbons (Fsp3) is 0.0732. The quantitative estimate of drug-likeness (QED) is 0.225. The van der Waals surface area contributed by atoms with Crippen LogP contribution in [0.15, 0.2) is 132 Å². The number of nitrogens with zero attached hydrogens (tertiary/aromatic N) is 2. The fourth-order valence-electron chi connectivity index (χ4n) is 6.65. The first-order valence-corrected chi connectivity index (χ1v) is 15.2. The van der Waals surface area contributed by atoms with E-state index in [-0.39, 0.29) is 0 Å². The maximum Gasteiger partial charge on any atom is 0.138 e. The molecule has 7 aromatic rings. The predicted molar refractivity (Wildman–Crippen MR) is 187 cm³/mol. The van der Waals surface area contributed by atoms with E-state index >= 15 is 0 Å². The zero-order chi connectivity index (χ0) is 30.5. The van der Waals surface area contributed by atoms with Crippen LogP contribution in [-0.2, 0) is 6.42 Å². The van der Waals surface area contributed by atoms with Gasteiger partial charge in [-0.2, -0.15) is 0 Å². The summed E-state index contributed by atoms with van der Waals surface area (Å²) in [7, 11) is 0. The monoisotopic (exact) mass is 581 g/mol. The summed E-state index contributed by atoms with van der Waals surface area (Å²) in [5.74, 6) is 0. The van der Waals surface area contributed by atoms with Crippen LogP contribution >= 0.6 is 0 Å². The molecule has 4 nitrogen and oxygen atoms in total. The van der Waals surface area contributed by atoms with Crippen molar-refractivity contribution in [2.45, 2.75) is 20.3 Å². The van der Waals surface area contributed by atoms with E-state index in [1.807, 2.05) is 24.7 Å². The number of benzene rings is 4. The highest BCUT2D eigenvalue weighted by atomic mass is 16.3. The van der Waals surface area contributed by atoms with Crippen LogP contribution < -0.4 is 5.73 Å². The van der Waals surface area contributed by atoms with E-state index in [4.69, 9.17) is 10.2 Å². The maximum absolute atomic E-state index is 6.51. The zero-order valence-corrected chi connectivity index (χ0v) is 25.2. The topological polar surface area (TPSA) is 64.9 Å². The molecule has 45 heavy (non-hydrogen) atoms. The number of allylic oxidation sites excluding steroid dienone is 4. The molecule has 0 atom stereocenters. The van der Waals surface area contributed by atoms with Crippen molar-refractivity contribution in [1.82, 2.24) is 9.97 Å². The number of rotatable bonds is 4. The molecule has 0 aliphatic heterocycles. The van der Waals surface area contributed by atoms with Gasteiger partial charge in [-0.3, -0.25) is 9.97 Å². The molecule has 3 heterocycles. The Morgan fingerprint density at radius 2 is 1.62 bits per heavy atom. The number of aromatic nitrogens is 2. The van der Waals surface area contributed by atoms with Crippen LogP contribution in [0.5, 0.6) is 0 Å². The van der Waals surface area contributed by atoms with Gasteiger partial charge in [-0.15, -0.1) is 0 Å². The Bertz CT molecular complexity index is 2380. The fourth-order valence-corrected chi connectivity index (χ4v) is 6.65. The minimum atomic E-state index is 0.757. The molecular weight excluding hydrogens is 550 g/mol. The molecule has 0 saturated carbocycles.